The number of carboxylic acids is 1. The Hall–Kier alpha value is -3.27. The number of carbonyl (C=O) groups is 3. The van der Waals surface area contributed by atoms with Crippen LogP contribution in [0.5, 0.6) is 5.75 Å². The van der Waals surface area contributed by atoms with Gasteiger partial charge in [0.2, 0.25) is 11.8 Å². The van der Waals surface area contributed by atoms with E-state index in [9.17, 15) is 27.6 Å². The fourth-order valence-corrected chi connectivity index (χ4v) is 4.26. The molecule has 2 amide bonds. The molecule has 1 aliphatic heterocycles. The Labute approximate surface area is 204 Å². The minimum absolute atomic E-state index is 0.0377. The van der Waals surface area contributed by atoms with Crippen LogP contribution in [0.2, 0.25) is 5.02 Å². The average Bonchev–Trinajstić information content (AvgIpc) is 2.78. The normalized spacial score (nSPS) is 16.0. The van der Waals surface area contributed by atoms with Gasteiger partial charge in [0.1, 0.15) is 11.8 Å². The van der Waals surface area contributed by atoms with Gasteiger partial charge in [-0.25, -0.2) is 0 Å². The third kappa shape index (κ3) is 7.35. The Balaban J connectivity index is 1.73. The van der Waals surface area contributed by atoms with E-state index in [0.29, 0.717) is 18.7 Å². The molecule has 3 rings (SSSR count). The summed E-state index contributed by atoms with van der Waals surface area (Å²) in [5, 5.41) is 11.6. The number of amides is 2. The number of aliphatic carboxylic acids is 1. The molecule has 0 radical (unpaired) electrons. The predicted molar refractivity (Wildman–Crippen MR) is 123 cm³/mol. The summed E-state index contributed by atoms with van der Waals surface area (Å²) >= 11 is 6.34. The topological polar surface area (TPSA) is 95.9 Å². The first-order chi connectivity index (χ1) is 16.5. The Bertz CT molecular complexity index is 1090. The van der Waals surface area contributed by atoms with Crippen molar-refractivity contribution in [1.29, 1.82) is 0 Å². The third-order valence-corrected chi connectivity index (χ3v) is 5.86. The van der Waals surface area contributed by atoms with Crippen molar-refractivity contribution in [3.8, 4) is 16.9 Å². The van der Waals surface area contributed by atoms with Crippen LogP contribution >= 0.6 is 11.6 Å². The van der Waals surface area contributed by atoms with Crippen molar-refractivity contribution in [2.75, 3.05) is 11.9 Å². The number of alkyl halides is 3. The van der Waals surface area contributed by atoms with Crippen LogP contribution in [-0.2, 0) is 14.4 Å². The summed E-state index contributed by atoms with van der Waals surface area (Å²) < 4.78 is 42.4. The molecule has 35 heavy (non-hydrogen) atoms. The number of rotatable bonds is 8. The summed E-state index contributed by atoms with van der Waals surface area (Å²) in [6.07, 6.45) is -2.80. The first kappa shape index (κ1) is 26.3. The summed E-state index contributed by atoms with van der Waals surface area (Å²) in [6.45, 7) is 0.402. The van der Waals surface area contributed by atoms with E-state index in [4.69, 9.17) is 16.7 Å². The molecule has 1 heterocycles. The Morgan fingerprint density at radius 3 is 2.51 bits per heavy atom. The second kappa shape index (κ2) is 11.4. The number of nitrogens with one attached hydrogen (secondary N) is 1. The second-order valence-electron chi connectivity index (χ2n) is 8.07. The lowest BCUT2D eigenvalue weighted by Crippen LogP contribution is -2.50. The van der Waals surface area contributed by atoms with Crippen LogP contribution in [0.15, 0.2) is 42.5 Å². The molecule has 0 aromatic heterocycles. The van der Waals surface area contributed by atoms with E-state index in [-0.39, 0.29) is 41.3 Å². The Morgan fingerprint density at radius 2 is 1.83 bits per heavy atom. The van der Waals surface area contributed by atoms with Gasteiger partial charge in [-0.2, -0.15) is 0 Å². The van der Waals surface area contributed by atoms with Gasteiger partial charge in [-0.3, -0.25) is 14.4 Å². The van der Waals surface area contributed by atoms with Crippen LogP contribution in [0.1, 0.15) is 38.5 Å². The van der Waals surface area contributed by atoms with E-state index in [2.05, 4.69) is 10.1 Å². The zero-order valence-corrected chi connectivity index (χ0v) is 19.4. The number of ether oxygens (including phenoxy) is 1. The van der Waals surface area contributed by atoms with Gasteiger partial charge in [0.25, 0.3) is 0 Å². The van der Waals surface area contributed by atoms with Gasteiger partial charge in [-0.1, -0.05) is 35.9 Å². The highest BCUT2D eigenvalue weighted by molar-refractivity contribution is 6.33. The number of carbonyl (C=O) groups excluding carboxylic acids is 2. The molecule has 0 saturated carbocycles. The maximum absolute atomic E-state index is 13.0. The third-order valence-electron chi connectivity index (χ3n) is 5.55. The standard InChI is InChI=1S/C24H24ClF3N2O5/c25-18-14-15(11-12-16(18)17-6-1-2-8-20(17)35-24(26,27)28)29-23(34)19-7-3-4-13-30(19)21(31)9-5-10-22(32)33/h1-2,6,8,11-12,14,19H,3-5,7,9-10,13H2,(H,29,34)(H,32,33). The van der Waals surface area contributed by atoms with Crippen molar-refractivity contribution in [2.24, 2.45) is 0 Å². The van der Waals surface area contributed by atoms with E-state index < -0.39 is 30.0 Å². The van der Waals surface area contributed by atoms with Gasteiger partial charge >= 0.3 is 12.3 Å². The minimum Gasteiger partial charge on any atom is -0.481 e. The quantitative estimate of drug-likeness (QED) is 0.488. The van der Waals surface area contributed by atoms with Gasteiger partial charge in [0.15, 0.2) is 0 Å². The van der Waals surface area contributed by atoms with Crippen LogP contribution in [0, 0.1) is 0 Å². The summed E-state index contributed by atoms with van der Waals surface area (Å²) in [6, 6.07) is 9.27. The number of halogens is 4. The molecular weight excluding hydrogens is 489 g/mol. The number of hydrogen-bond donors (Lipinski definition) is 2. The molecule has 2 aromatic rings. The van der Waals surface area contributed by atoms with Gasteiger partial charge in [-0.15, -0.1) is 13.2 Å². The minimum atomic E-state index is -4.87. The lowest BCUT2D eigenvalue weighted by Gasteiger charge is -2.34. The smallest absolute Gasteiger partial charge is 0.481 e. The lowest BCUT2D eigenvalue weighted by atomic mass is 10.00. The highest BCUT2D eigenvalue weighted by Gasteiger charge is 2.33. The highest BCUT2D eigenvalue weighted by Crippen LogP contribution is 2.38. The number of para-hydroxylation sites is 1. The van der Waals surface area contributed by atoms with Crippen molar-refractivity contribution in [2.45, 2.75) is 50.9 Å². The fourth-order valence-electron chi connectivity index (χ4n) is 3.98. The first-order valence-corrected chi connectivity index (χ1v) is 11.4. The number of hydrogen-bond acceptors (Lipinski definition) is 4. The van der Waals surface area contributed by atoms with Crippen molar-refractivity contribution in [3.63, 3.8) is 0 Å². The molecule has 0 aliphatic carbocycles. The van der Waals surface area contributed by atoms with Gasteiger partial charge in [0, 0.05) is 36.2 Å². The van der Waals surface area contributed by atoms with E-state index in [0.717, 1.165) is 12.8 Å². The largest absolute Gasteiger partial charge is 0.573 e. The zero-order valence-electron chi connectivity index (χ0n) is 18.6. The molecular formula is C24H24ClF3N2O5. The van der Waals surface area contributed by atoms with Crippen molar-refractivity contribution < 1.29 is 37.4 Å². The Morgan fingerprint density at radius 1 is 1.09 bits per heavy atom. The molecule has 188 valence electrons. The molecule has 1 aliphatic rings. The van der Waals surface area contributed by atoms with Crippen LogP contribution in [-0.4, -0.2) is 46.7 Å². The van der Waals surface area contributed by atoms with Crippen molar-refractivity contribution >= 4 is 35.1 Å². The summed E-state index contributed by atoms with van der Waals surface area (Å²) in [5.41, 5.74) is 0.748. The SMILES string of the molecule is O=C(O)CCCC(=O)N1CCCCC1C(=O)Nc1ccc(-c2ccccc2OC(F)(F)F)c(Cl)c1. The Kier molecular flexibility index (Phi) is 8.61. The van der Waals surface area contributed by atoms with Crippen LogP contribution in [0.3, 0.4) is 0 Å². The summed E-state index contributed by atoms with van der Waals surface area (Å²) in [5.74, 6) is -2.08. The first-order valence-electron chi connectivity index (χ1n) is 11.0. The van der Waals surface area contributed by atoms with Crippen LogP contribution < -0.4 is 10.1 Å². The van der Waals surface area contributed by atoms with Crippen LogP contribution in [0.4, 0.5) is 18.9 Å². The fraction of sp³-hybridized carbons (Fsp3) is 0.375. The number of piperidine rings is 1. The number of nitrogens with zero attached hydrogens (tertiary/aromatic N) is 1. The molecule has 1 unspecified atom stereocenters. The van der Waals surface area contributed by atoms with Gasteiger partial charge in [0.05, 0.1) is 5.02 Å². The van der Waals surface area contributed by atoms with E-state index in [1.807, 2.05) is 0 Å². The molecule has 0 spiro atoms. The maximum atomic E-state index is 13.0. The van der Waals surface area contributed by atoms with Crippen molar-refractivity contribution in [3.05, 3.63) is 47.5 Å². The van der Waals surface area contributed by atoms with E-state index >= 15 is 0 Å². The molecule has 7 nitrogen and oxygen atoms in total. The van der Waals surface area contributed by atoms with Gasteiger partial charge in [-0.05, 0) is 43.9 Å². The molecule has 1 saturated heterocycles. The zero-order chi connectivity index (χ0) is 25.6. The lowest BCUT2D eigenvalue weighted by molar-refractivity contribution is -0.274. The van der Waals surface area contributed by atoms with Gasteiger partial charge < -0.3 is 20.1 Å². The van der Waals surface area contributed by atoms with E-state index in [1.54, 1.807) is 6.07 Å². The highest BCUT2D eigenvalue weighted by atomic mass is 35.5. The van der Waals surface area contributed by atoms with Crippen LogP contribution in [0.25, 0.3) is 11.1 Å². The average molecular weight is 513 g/mol. The molecule has 11 heteroatoms. The molecule has 2 N–H and O–H groups in total. The molecule has 1 atom stereocenters. The number of benzene rings is 2. The number of anilines is 1. The van der Waals surface area contributed by atoms with E-state index in [1.165, 1.54) is 41.3 Å². The summed E-state index contributed by atoms with van der Waals surface area (Å²) in [4.78, 5) is 37.7. The number of likely N-dealkylation sites (tertiary alicyclic amines) is 1. The molecule has 0 bridgehead atoms. The molecule has 1 fully saturated rings. The summed E-state index contributed by atoms with van der Waals surface area (Å²) in [7, 11) is 0. The maximum Gasteiger partial charge on any atom is 0.573 e. The molecule has 2 aromatic carbocycles. The predicted octanol–water partition coefficient (Wildman–Crippen LogP) is 5.48. The van der Waals surface area contributed by atoms with Crippen molar-refractivity contribution in [1.82, 2.24) is 4.90 Å². The monoisotopic (exact) mass is 512 g/mol. The number of carboxylic acid groups (broad SMARTS) is 1. The second-order valence-corrected chi connectivity index (χ2v) is 8.48.